The summed E-state index contributed by atoms with van der Waals surface area (Å²) in [6.45, 7) is 3.90. The minimum absolute atomic E-state index is 0.200. The van der Waals surface area contributed by atoms with E-state index in [0.717, 1.165) is 59.4 Å². The number of hydrogen-bond donors (Lipinski definition) is 0. The van der Waals surface area contributed by atoms with Crippen molar-refractivity contribution in [3.05, 3.63) is 47.7 Å². The minimum atomic E-state index is 0.200. The molecule has 5 rings (SSSR count). The zero-order valence-electron chi connectivity index (χ0n) is 14.1. The van der Waals surface area contributed by atoms with E-state index in [9.17, 15) is 4.79 Å². The van der Waals surface area contributed by atoms with Crippen molar-refractivity contribution in [1.82, 2.24) is 4.90 Å². The number of rotatable bonds is 2. The van der Waals surface area contributed by atoms with Crippen molar-refractivity contribution in [1.29, 1.82) is 0 Å². The van der Waals surface area contributed by atoms with E-state index >= 15 is 0 Å². The van der Waals surface area contributed by atoms with Gasteiger partial charge in [-0.1, -0.05) is 12.1 Å². The Morgan fingerprint density at radius 2 is 1.67 bits per heavy atom. The zero-order chi connectivity index (χ0) is 16.3. The summed E-state index contributed by atoms with van der Waals surface area (Å²) < 4.78 is 5.66. The number of carbonyl (C=O) groups excluding carboxylic acids is 1. The summed E-state index contributed by atoms with van der Waals surface area (Å²) in [7, 11) is 0. The number of carbonyl (C=O) groups is 1. The van der Waals surface area contributed by atoms with Crippen molar-refractivity contribution in [3.63, 3.8) is 0 Å². The van der Waals surface area contributed by atoms with Crippen molar-refractivity contribution in [2.24, 2.45) is 23.7 Å². The second-order valence-corrected chi connectivity index (χ2v) is 7.86. The van der Waals surface area contributed by atoms with Crippen LogP contribution >= 0.6 is 0 Å². The van der Waals surface area contributed by atoms with Crippen LogP contribution in [0.25, 0.3) is 11.3 Å². The van der Waals surface area contributed by atoms with Gasteiger partial charge in [-0.15, -0.1) is 0 Å². The van der Waals surface area contributed by atoms with E-state index < -0.39 is 0 Å². The standard InChI is InChI=1S/C21H23NO2/c1-13-2-9-20(24-13)14-3-5-15(6-4-14)21(23)22-11-18-16-7-8-17(10-16)19(18)12-22/h2-6,9,16-19H,7-8,10-12H2,1H3/t16-,17+,18-,19+. The van der Waals surface area contributed by atoms with E-state index in [1.807, 2.05) is 43.3 Å². The molecule has 3 nitrogen and oxygen atoms in total. The molecule has 24 heavy (non-hydrogen) atoms. The molecule has 124 valence electrons. The Morgan fingerprint density at radius 1 is 1.00 bits per heavy atom. The van der Waals surface area contributed by atoms with Crippen molar-refractivity contribution in [2.75, 3.05) is 13.1 Å². The predicted octanol–water partition coefficient (Wildman–Crippen LogP) is 4.37. The van der Waals surface area contributed by atoms with Gasteiger partial charge >= 0.3 is 0 Å². The maximum absolute atomic E-state index is 12.9. The van der Waals surface area contributed by atoms with E-state index in [-0.39, 0.29) is 5.91 Å². The molecule has 3 fully saturated rings. The normalized spacial score (nSPS) is 30.8. The lowest BCUT2D eigenvalue weighted by Crippen LogP contribution is -2.30. The summed E-state index contributed by atoms with van der Waals surface area (Å²) in [4.78, 5) is 15.0. The molecule has 1 aromatic heterocycles. The van der Waals surface area contributed by atoms with E-state index in [0.29, 0.717) is 0 Å². The summed E-state index contributed by atoms with van der Waals surface area (Å²) in [5.74, 6) is 5.30. The van der Waals surface area contributed by atoms with Gasteiger partial charge in [-0.2, -0.15) is 0 Å². The molecule has 4 atom stereocenters. The monoisotopic (exact) mass is 321 g/mol. The topological polar surface area (TPSA) is 33.5 Å². The number of fused-ring (bicyclic) bond motifs is 5. The number of aryl methyl sites for hydroxylation is 1. The number of hydrogen-bond acceptors (Lipinski definition) is 2. The molecule has 0 unspecified atom stereocenters. The highest BCUT2D eigenvalue weighted by molar-refractivity contribution is 5.94. The van der Waals surface area contributed by atoms with Gasteiger partial charge in [0.05, 0.1) is 0 Å². The van der Waals surface area contributed by atoms with Crippen LogP contribution in [0.1, 0.15) is 35.4 Å². The molecule has 3 aliphatic rings. The average Bonchev–Trinajstić information content (AvgIpc) is 3.35. The number of amides is 1. The van der Waals surface area contributed by atoms with Crippen LogP contribution in [-0.4, -0.2) is 23.9 Å². The Balaban J connectivity index is 1.33. The molecular formula is C21H23NO2. The fourth-order valence-corrected chi connectivity index (χ4v) is 5.40. The Labute approximate surface area is 142 Å². The van der Waals surface area contributed by atoms with Gasteiger partial charge in [-0.3, -0.25) is 4.79 Å². The van der Waals surface area contributed by atoms with Gasteiger partial charge in [-0.05, 0) is 74.1 Å². The Kier molecular flexibility index (Phi) is 3.12. The molecule has 2 bridgehead atoms. The summed E-state index contributed by atoms with van der Waals surface area (Å²) >= 11 is 0. The quantitative estimate of drug-likeness (QED) is 0.823. The molecule has 1 aliphatic heterocycles. The van der Waals surface area contributed by atoms with Crippen LogP contribution in [-0.2, 0) is 0 Å². The molecule has 0 radical (unpaired) electrons. The summed E-state index contributed by atoms with van der Waals surface area (Å²) in [6.07, 6.45) is 4.21. The van der Waals surface area contributed by atoms with E-state index in [4.69, 9.17) is 4.42 Å². The minimum Gasteiger partial charge on any atom is -0.461 e. The Bertz CT molecular complexity index is 757. The largest absolute Gasteiger partial charge is 0.461 e. The number of nitrogens with zero attached hydrogens (tertiary/aromatic N) is 1. The summed E-state index contributed by atoms with van der Waals surface area (Å²) in [6, 6.07) is 11.8. The molecule has 2 aliphatic carbocycles. The van der Waals surface area contributed by atoms with Gasteiger partial charge in [0.2, 0.25) is 0 Å². The first-order valence-electron chi connectivity index (χ1n) is 9.15. The van der Waals surface area contributed by atoms with Crippen LogP contribution in [0, 0.1) is 30.6 Å². The molecule has 3 heteroatoms. The highest BCUT2D eigenvalue weighted by Gasteiger charge is 2.52. The van der Waals surface area contributed by atoms with Crippen LogP contribution in [0.5, 0.6) is 0 Å². The molecular weight excluding hydrogens is 298 g/mol. The van der Waals surface area contributed by atoms with Gasteiger partial charge in [0, 0.05) is 24.2 Å². The molecule has 2 saturated carbocycles. The number of likely N-dealkylation sites (tertiary alicyclic amines) is 1. The first-order chi connectivity index (χ1) is 11.7. The lowest BCUT2D eigenvalue weighted by atomic mass is 9.82. The van der Waals surface area contributed by atoms with Crippen molar-refractivity contribution < 1.29 is 9.21 Å². The first kappa shape index (κ1) is 14.3. The molecule has 1 amide bonds. The van der Waals surface area contributed by atoms with Crippen molar-refractivity contribution in [2.45, 2.75) is 26.2 Å². The average molecular weight is 321 g/mol. The predicted molar refractivity (Wildman–Crippen MR) is 92.6 cm³/mol. The Hall–Kier alpha value is -2.03. The third-order valence-corrected chi connectivity index (χ3v) is 6.58. The molecule has 0 spiro atoms. The summed E-state index contributed by atoms with van der Waals surface area (Å²) in [5, 5.41) is 0. The van der Waals surface area contributed by atoms with Gasteiger partial charge in [0.25, 0.3) is 5.91 Å². The van der Waals surface area contributed by atoms with E-state index in [1.54, 1.807) is 0 Å². The van der Waals surface area contributed by atoms with Crippen LogP contribution in [0.2, 0.25) is 0 Å². The van der Waals surface area contributed by atoms with Crippen molar-refractivity contribution >= 4 is 5.91 Å². The van der Waals surface area contributed by atoms with E-state index in [1.165, 1.54) is 19.3 Å². The van der Waals surface area contributed by atoms with Gasteiger partial charge in [0.1, 0.15) is 11.5 Å². The van der Waals surface area contributed by atoms with Crippen molar-refractivity contribution in [3.8, 4) is 11.3 Å². The van der Waals surface area contributed by atoms with Gasteiger partial charge in [-0.25, -0.2) is 0 Å². The molecule has 2 aromatic rings. The third-order valence-electron chi connectivity index (χ3n) is 6.58. The van der Waals surface area contributed by atoms with Crippen LogP contribution in [0.15, 0.2) is 40.8 Å². The van der Waals surface area contributed by atoms with Gasteiger partial charge in [0.15, 0.2) is 0 Å². The molecule has 1 aromatic carbocycles. The van der Waals surface area contributed by atoms with Crippen LogP contribution in [0.3, 0.4) is 0 Å². The van der Waals surface area contributed by atoms with Crippen LogP contribution < -0.4 is 0 Å². The van der Waals surface area contributed by atoms with Crippen LogP contribution in [0.4, 0.5) is 0 Å². The number of furan rings is 1. The smallest absolute Gasteiger partial charge is 0.253 e. The third kappa shape index (κ3) is 2.14. The maximum Gasteiger partial charge on any atom is 0.253 e. The zero-order valence-corrected chi connectivity index (χ0v) is 14.1. The SMILES string of the molecule is Cc1ccc(-c2ccc(C(=O)N3C[C@@H]4[C@@H]5CC[C@@H](C5)[C@@H]4C3)cc2)o1. The lowest BCUT2D eigenvalue weighted by Gasteiger charge is -2.22. The second kappa shape index (κ2) is 5.23. The molecule has 2 heterocycles. The molecule has 1 saturated heterocycles. The second-order valence-electron chi connectivity index (χ2n) is 7.86. The first-order valence-corrected chi connectivity index (χ1v) is 9.15. The lowest BCUT2D eigenvalue weighted by molar-refractivity contribution is 0.0776. The maximum atomic E-state index is 12.9. The highest BCUT2D eigenvalue weighted by atomic mass is 16.3. The highest BCUT2D eigenvalue weighted by Crippen LogP contribution is 2.55. The summed E-state index contributed by atoms with van der Waals surface area (Å²) in [5.41, 5.74) is 1.82. The fraction of sp³-hybridized carbons (Fsp3) is 0.476. The van der Waals surface area contributed by atoms with Gasteiger partial charge < -0.3 is 9.32 Å². The number of benzene rings is 1. The van der Waals surface area contributed by atoms with E-state index in [2.05, 4.69) is 4.90 Å². The Morgan fingerprint density at radius 3 is 2.25 bits per heavy atom. The fourth-order valence-electron chi connectivity index (χ4n) is 5.40. The molecule has 0 N–H and O–H groups in total.